The minimum absolute atomic E-state index is 0.0889. The number of nitrogens with zero attached hydrogens (tertiary/aromatic N) is 2. The van der Waals surface area contributed by atoms with E-state index in [4.69, 9.17) is 0 Å². The average Bonchev–Trinajstić information content (AvgIpc) is 3.10. The number of anilines is 1. The van der Waals surface area contributed by atoms with Crippen molar-refractivity contribution in [3.63, 3.8) is 0 Å². The summed E-state index contributed by atoms with van der Waals surface area (Å²) in [4.78, 5) is 29.2. The summed E-state index contributed by atoms with van der Waals surface area (Å²) in [7, 11) is 0. The van der Waals surface area contributed by atoms with Crippen molar-refractivity contribution in [2.45, 2.75) is 19.8 Å². The maximum atomic E-state index is 13.1. The number of halogens is 1. The van der Waals surface area contributed by atoms with Crippen LogP contribution in [0.3, 0.4) is 0 Å². The van der Waals surface area contributed by atoms with E-state index in [9.17, 15) is 14.0 Å². The highest BCUT2D eigenvalue weighted by Crippen LogP contribution is 2.29. The molecular formula is C23H23FN2O2. The Balaban J connectivity index is 1.42. The van der Waals surface area contributed by atoms with Crippen LogP contribution in [0.4, 0.5) is 10.1 Å². The second-order valence-electron chi connectivity index (χ2n) is 7.44. The van der Waals surface area contributed by atoms with Crippen LogP contribution in [0, 0.1) is 18.7 Å². The van der Waals surface area contributed by atoms with Gasteiger partial charge in [0.15, 0.2) is 0 Å². The lowest BCUT2D eigenvalue weighted by Gasteiger charge is -2.28. The number of rotatable bonds is 3. The average molecular weight is 378 g/mol. The zero-order chi connectivity index (χ0) is 19.7. The molecule has 0 radical (unpaired) electrons. The molecule has 0 aromatic heterocycles. The third-order valence-corrected chi connectivity index (χ3v) is 5.59. The van der Waals surface area contributed by atoms with E-state index in [2.05, 4.69) is 0 Å². The van der Waals surface area contributed by atoms with Crippen LogP contribution in [0.2, 0.25) is 0 Å². The fourth-order valence-electron chi connectivity index (χ4n) is 3.91. The normalized spacial score (nSPS) is 19.7. The quantitative estimate of drug-likeness (QED) is 0.762. The maximum absolute atomic E-state index is 13.1. The predicted octanol–water partition coefficient (Wildman–Crippen LogP) is 3.80. The van der Waals surface area contributed by atoms with E-state index in [-0.39, 0.29) is 17.6 Å². The topological polar surface area (TPSA) is 40.6 Å². The number of benzene rings is 2. The van der Waals surface area contributed by atoms with Gasteiger partial charge in [-0.15, -0.1) is 0 Å². The molecule has 1 unspecified atom stereocenters. The lowest BCUT2D eigenvalue weighted by molar-refractivity contribution is -0.139. The van der Waals surface area contributed by atoms with Gasteiger partial charge in [-0.2, -0.15) is 0 Å². The summed E-state index contributed by atoms with van der Waals surface area (Å²) >= 11 is 0. The molecule has 2 aliphatic heterocycles. The standard InChI is InChI=1S/C23H23FN2O2/c1-16-2-8-20(9-3-16)26-15-12-21(23(26)28)22(27)25-13-10-18(11-14-25)17-4-6-19(24)7-5-17/h2-10,21H,11-15H2,1H3. The van der Waals surface area contributed by atoms with E-state index in [1.807, 2.05) is 37.3 Å². The van der Waals surface area contributed by atoms with E-state index in [1.54, 1.807) is 21.9 Å². The lowest BCUT2D eigenvalue weighted by Crippen LogP contribution is -2.42. The van der Waals surface area contributed by atoms with Crippen molar-refractivity contribution in [2.75, 3.05) is 24.5 Å². The van der Waals surface area contributed by atoms with Crippen molar-refractivity contribution in [3.8, 4) is 0 Å². The minimum Gasteiger partial charge on any atom is -0.338 e. The molecule has 144 valence electrons. The summed E-state index contributed by atoms with van der Waals surface area (Å²) in [6.07, 6.45) is 3.27. The van der Waals surface area contributed by atoms with E-state index in [0.29, 0.717) is 32.5 Å². The number of amides is 2. The molecule has 0 saturated carbocycles. The van der Waals surface area contributed by atoms with Crippen molar-refractivity contribution in [2.24, 2.45) is 5.92 Å². The highest BCUT2D eigenvalue weighted by atomic mass is 19.1. The van der Waals surface area contributed by atoms with Crippen LogP contribution in [-0.4, -0.2) is 36.3 Å². The SMILES string of the molecule is Cc1ccc(N2CCC(C(=O)N3CC=C(c4ccc(F)cc4)CC3)C2=O)cc1. The van der Waals surface area contributed by atoms with Crippen LogP contribution < -0.4 is 4.90 Å². The van der Waals surface area contributed by atoms with E-state index < -0.39 is 5.92 Å². The first kappa shape index (κ1) is 18.4. The summed E-state index contributed by atoms with van der Waals surface area (Å²) in [5.74, 6) is -1.05. The molecule has 0 spiro atoms. The molecule has 1 atom stereocenters. The number of aryl methyl sites for hydroxylation is 1. The van der Waals surface area contributed by atoms with Gasteiger partial charge < -0.3 is 9.80 Å². The molecule has 2 aromatic carbocycles. The zero-order valence-corrected chi connectivity index (χ0v) is 15.9. The number of hydrogen-bond acceptors (Lipinski definition) is 2. The van der Waals surface area contributed by atoms with Crippen molar-refractivity contribution >= 4 is 23.1 Å². The molecule has 4 rings (SSSR count). The molecule has 2 aliphatic rings. The molecule has 1 saturated heterocycles. The predicted molar refractivity (Wildman–Crippen MR) is 107 cm³/mol. The largest absolute Gasteiger partial charge is 0.338 e. The van der Waals surface area contributed by atoms with Crippen LogP contribution in [-0.2, 0) is 9.59 Å². The molecule has 0 aliphatic carbocycles. The van der Waals surface area contributed by atoms with Crippen LogP contribution in [0.15, 0.2) is 54.6 Å². The number of carbonyl (C=O) groups excluding carboxylic acids is 2. The molecule has 2 aromatic rings. The summed E-state index contributed by atoms with van der Waals surface area (Å²) in [5.41, 5.74) is 4.09. The summed E-state index contributed by atoms with van der Waals surface area (Å²) in [6.45, 7) is 3.64. The summed E-state index contributed by atoms with van der Waals surface area (Å²) in [5, 5.41) is 0. The van der Waals surface area contributed by atoms with Crippen molar-refractivity contribution in [1.82, 2.24) is 4.90 Å². The first-order valence-electron chi connectivity index (χ1n) is 9.65. The van der Waals surface area contributed by atoms with Gasteiger partial charge in [0.1, 0.15) is 11.7 Å². The molecule has 5 heteroatoms. The Kier molecular flexibility index (Phi) is 4.99. The Hall–Kier alpha value is -2.95. The molecule has 4 nitrogen and oxygen atoms in total. The van der Waals surface area contributed by atoms with E-state index in [1.165, 1.54) is 12.1 Å². The molecule has 28 heavy (non-hydrogen) atoms. The summed E-state index contributed by atoms with van der Waals surface area (Å²) in [6, 6.07) is 14.2. The zero-order valence-electron chi connectivity index (χ0n) is 15.9. The number of carbonyl (C=O) groups is 2. The molecule has 0 bridgehead atoms. The third kappa shape index (κ3) is 3.57. The first-order valence-corrected chi connectivity index (χ1v) is 9.65. The van der Waals surface area contributed by atoms with Crippen molar-refractivity contribution in [1.29, 1.82) is 0 Å². The van der Waals surface area contributed by atoms with Crippen LogP contribution >= 0.6 is 0 Å². The van der Waals surface area contributed by atoms with Crippen LogP contribution in [0.1, 0.15) is 24.0 Å². The van der Waals surface area contributed by atoms with Gasteiger partial charge in [0.2, 0.25) is 11.8 Å². The molecular weight excluding hydrogens is 355 g/mol. The van der Waals surface area contributed by atoms with E-state index in [0.717, 1.165) is 22.4 Å². The Morgan fingerprint density at radius 1 is 1.04 bits per heavy atom. The van der Waals surface area contributed by atoms with Gasteiger partial charge in [-0.3, -0.25) is 9.59 Å². The Morgan fingerprint density at radius 3 is 2.39 bits per heavy atom. The minimum atomic E-state index is -0.595. The van der Waals surface area contributed by atoms with Crippen molar-refractivity contribution in [3.05, 3.63) is 71.6 Å². The lowest BCUT2D eigenvalue weighted by atomic mass is 9.98. The Morgan fingerprint density at radius 2 is 1.75 bits per heavy atom. The Labute approximate surface area is 164 Å². The molecule has 1 fully saturated rings. The van der Waals surface area contributed by atoms with Gasteiger partial charge in [-0.05, 0) is 55.2 Å². The van der Waals surface area contributed by atoms with Crippen molar-refractivity contribution < 1.29 is 14.0 Å². The van der Waals surface area contributed by atoms with Gasteiger partial charge >= 0.3 is 0 Å². The summed E-state index contributed by atoms with van der Waals surface area (Å²) < 4.78 is 13.1. The monoisotopic (exact) mass is 378 g/mol. The maximum Gasteiger partial charge on any atom is 0.239 e. The third-order valence-electron chi connectivity index (χ3n) is 5.59. The Bertz CT molecular complexity index is 919. The van der Waals surface area contributed by atoms with Gasteiger partial charge in [0.25, 0.3) is 0 Å². The second kappa shape index (κ2) is 7.58. The fourth-order valence-corrected chi connectivity index (χ4v) is 3.91. The van der Waals surface area contributed by atoms with E-state index >= 15 is 0 Å². The van der Waals surface area contributed by atoms with Crippen LogP contribution in [0.5, 0.6) is 0 Å². The smallest absolute Gasteiger partial charge is 0.239 e. The second-order valence-corrected chi connectivity index (χ2v) is 7.44. The highest BCUT2D eigenvalue weighted by molar-refractivity contribution is 6.09. The highest BCUT2D eigenvalue weighted by Gasteiger charge is 2.39. The molecule has 0 N–H and O–H groups in total. The van der Waals surface area contributed by atoms with Gasteiger partial charge in [-0.25, -0.2) is 4.39 Å². The number of hydrogen-bond donors (Lipinski definition) is 0. The fraction of sp³-hybridized carbons (Fsp3) is 0.304. The molecule has 2 heterocycles. The molecule has 2 amide bonds. The van der Waals surface area contributed by atoms with Gasteiger partial charge in [0, 0.05) is 25.3 Å². The first-order chi connectivity index (χ1) is 13.5. The van der Waals surface area contributed by atoms with Gasteiger partial charge in [-0.1, -0.05) is 35.9 Å². The van der Waals surface area contributed by atoms with Crippen LogP contribution in [0.25, 0.3) is 5.57 Å². The van der Waals surface area contributed by atoms with Gasteiger partial charge in [0.05, 0.1) is 0 Å².